The number of carbonyl (C=O) groups excluding carboxylic acids is 2. The van der Waals surface area contributed by atoms with E-state index in [1.807, 2.05) is 19.9 Å². The van der Waals surface area contributed by atoms with Crippen LogP contribution in [0.5, 0.6) is 0 Å². The van der Waals surface area contributed by atoms with Crippen LogP contribution in [0.4, 0.5) is 0 Å². The van der Waals surface area contributed by atoms with Crippen LogP contribution in [-0.4, -0.2) is 28.1 Å². The van der Waals surface area contributed by atoms with E-state index in [9.17, 15) is 9.59 Å². The number of rotatable bonds is 7. The van der Waals surface area contributed by atoms with Gasteiger partial charge in [0.25, 0.3) is 11.8 Å². The fourth-order valence-corrected chi connectivity index (χ4v) is 2.10. The van der Waals surface area contributed by atoms with E-state index in [1.165, 1.54) is 0 Å². The van der Waals surface area contributed by atoms with Crippen LogP contribution in [0, 0.1) is 12.8 Å². The molecular formula is C17H21N3O4. The van der Waals surface area contributed by atoms with Crippen molar-refractivity contribution in [3.05, 3.63) is 47.7 Å². The van der Waals surface area contributed by atoms with E-state index in [2.05, 4.69) is 15.5 Å². The van der Waals surface area contributed by atoms with Crippen LogP contribution in [0.1, 0.15) is 42.4 Å². The molecule has 0 saturated carbocycles. The topological polar surface area (TPSA) is 94.3 Å². The second-order valence-electron chi connectivity index (χ2n) is 5.53. The maximum atomic E-state index is 12.4. The Morgan fingerprint density at radius 1 is 1.25 bits per heavy atom. The van der Waals surface area contributed by atoms with Crippen molar-refractivity contribution >= 4 is 11.9 Å². The Bertz CT molecular complexity index is 684. The zero-order valence-electron chi connectivity index (χ0n) is 14.0. The van der Waals surface area contributed by atoms with Gasteiger partial charge in [-0.15, -0.1) is 10.2 Å². The van der Waals surface area contributed by atoms with Gasteiger partial charge in [-0.3, -0.25) is 4.79 Å². The summed E-state index contributed by atoms with van der Waals surface area (Å²) in [4.78, 5) is 24.7. The Balaban J connectivity index is 2.01. The van der Waals surface area contributed by atoms with E-state index in [-0.39, 0.29) is 24.3 Å². The van der Waals surface area contributed by atoms with Crippen LogP contribution in [0.2, 0.25) is 0 Å². The number of amides is 1. The molecule has 0 fully saturated rings. The fourth-order valence-electron chi connectivity index (χ4n) is 2.10. The first-order chi connectivity index (χ1) is 11.5. The molecule has 0 spiro atoms. The molecule has 0 radical (unpaired) electrons. The molecule has 0 aliphatic heterocycles. The molecule has 1 aromatic heterocycles. The summed E-state index contributed by atoms with van der Waals surface area (Å²) in [5.74, 6) is -0.291. The van der Waals surface area contributed by atoms with Crippen molar-refractivity contribution in [3.8, 4) is 0 Å². The van der Waals surface area contributed by atoms with Crippen LogP contribution in [-0.2, 0) is 16.1 Å². The number of aromatic nitrogens is 2. The molecule has 2 rings (SSSR count). The normalized spacial score (nSPS) is 13.1. The van der Waals surface area contributed by atoms with Crippen molar-refractivity contribution in [1.29, 1.82) is 0 Å². The van der Waals surface area contributed by atoms with Crippen molar-refractivity contribution in [3.63, 3.8) is 0 Å². The minimum Gasteiger partial charge on any atom is -0.454 e. The second kappa shape index (κ2) is 8.24. The summed E-state index contributed by atoms with van der Waals surface area (Å²) in [5, 5.41) is 10.2. The summed E-state index contributed by atoms with van der Waals surface area (Å²) in [7, 11) is 0. The highest BCUT2D eigenvalue weighted by molar-refractivity contribution is 5.96. The Labute approximate surface area is 140 Å². The van der Waals surface area contributed by atoms with Gasteiger partial charge in [-0.1, -0.05) is 38.5 Å². The largest absolute Gasteiger partial charge is 0.454 e. The maximum absolute atomic E-state index is 12.4. The van der Waals surface area contributed by atoms with Crippen LogP contribution < -0.4 is 5.32 Å². The van der Waals surface area contributed by atoms with Gasteiger partial charge in [0.05, 0.1) is 0 Å². The van der Waals surface area contributed by atoms with Gasteiger partial charge >= 0.3 is 5.97 Å². The first-order valence-electron chi connectivity index (χ1n) is 7.82. The lowest BCUT2D eigenvalue weighted by Crippen LogP contribution is -2.45. The smallest absolute Gasteiger partial charge is 0.329 e. The highest BCUT2D eigenvalue weighted by Crippen LogP contribution is 2.12. The Hall–Kier alpha value is -2.70. The number of nitrogens with zero attached hydrogens (tertiary/aromatic N) is 2. The minimum atomic E-state index is -0.744. The Morgan fingerprint density at radius 2 is 1.96 bits per heavy atom. The van der Waals surface area contributed by atoms with Gasteiger partial charge < -0.3 is 14.5 Å². The lowest BCUT2D eigenvalue weighted by Gasteiger charge is -2.22. The molecule has 7 heteroatoms. The van der Waals surface area contributed by atoms with Crippen LogP contribution in [0.25, 0.3) is 0 Å². The van der Waals surface area contributed by atoms with Crippen LogP contribution in [0.15, 0.2) is 34.7 Å². The molecule has 1 aromatic carbocycles. The SMILES string of the molecule is CC[C@H](C)[C@H](NC(=O)c1ccccc1)C(=O)OCc1nnc(C)o1. The average Bonchev–Trinajstić information content (AvgIpc) is 3.02. The minimum absolute atomic E-state index is 0.0745. The van der Waals surface area contributed by atoms with Gasteiger partial charge in [-0.25, -0.2) is 4.79 Å². The van der Waals surface area contributed by atoms with Crippen LogP contribution >= 0.6 is 0 Å². The van der Waals surface area contributed by atoms with E-state index >= 15 is 0 Å². The van der Waals surface area contributed by atoms with E-state index in [0.717, 1.165) is 0 Å². The molecule has 24 heavy (non-hydrogen) atoms. The fraction of sp³-hybridized carbons (Fsp3) is 0.412. The molecule has 1 heterocycles. The zero-order chi connectivity index (χ0) is 17.5. The van der Waals surface area contributed by atoms with E-state index in [4.69, 9.17) is 9.15 Å². The van der Waals surface area contributed by atoms with Crippen LogP contribution in [0.3, 0.4) is 0 Å². The maximum Gasteiger partial charge on any atom is 0.329 e. The second-order valence-corrected chi connectivity index (χ2v) is 5.53. The third-order valence-corrected chi connectivity index (χ3v) is 3.70. The van der Waals surface area contributed by atoms with Gasteiger partial charge in [0.15, 0.2) is 6.61 Å². The lowest BCUT2D eigenvalue weighted by molar-refractivity contribution is -0.149. The van der Waals surface area contributed by atoms with Gasteiger partial charge in [-0.2, -0.15) is 0 Å². The number of nitrogens with one attached hydrogen (secondary N) is 1. The number of carbonyl (C=O) groups is 2. The van der Waals surface area contributed by atoms with Crippen molar-refractivity contribution in [1.82, 2.24) is 15.5 Å². The van der Waals surface area contributed by atoms with Gasteiger partial charge in [0.2, 0.25) is 5.89 Å². The van der Waals surface area contributed by atoms with E-state index in [1.54, 1.807) is 31.2 Å². The van der Waals surface area contributed by atoms with E-state index in [0.29, 0.717) is 17.9 Å². The monoisotopic (exact) mass is 331 g/mol. The van der Waals surface area contributed by atoms with Crippen molar-refractivity contribution in [2.75, 3.05) is 0 Å². The van der Waals surface area contributed by atoms with Gasteiger partial charge in [-0.05, 0) is 18.1 Å². The first kappa shape index (κ1) is 17.7. The predicted octanol–water partition coefficient (Wildman–Crippen LogP) is 2.27. The zero-order valence-corrected chi connectivity index (χ0v) is 14.0. The molecule has 1 N–H and O–H groups in total. The van der Waals surface area contributed by atoms with Crippen molar-refractivity contribution < 1.29 is 18.7 Å². The number of hydrogen-bond acceptors (Lipinski definition) is 6. The summed E-state index contributed by atoms with van der Waals surface area (Å²) >= 11 is 0. The lowest BCUT2D eigenvalue weighted by atomic mass is 9.99. The molecule has 2 aromatic rings. The van der Waals surface area contributed by atoms with Crippen molar-refractivity contribution in [2.24, 2.45) is 5.92 Å². The Kier molecular flexibility index (Phi) is 6.06. The molecule has 0 unspecified atom stereocenters. The highest BCUT2D eigenvalue weighted by Gasteiger charge is 2.28. The van der Waals surface area contributed by atoms with E-state index < -0.39 is 12.0 Å². The van der Waals surface area contributed by atoms with Gasteiger partial charge in [0, 0.05) is 12.5 Å². The third-order valence-electron chi connectivity index (χ3n) is 3.70. The average molecular weight is 331 g/mol. The molecule has 0 aliphatic rings. The van der Waals surface area contributed by atoms with Crippen molar-refractivity contribution in [2.45, 2.75) is 39.8 Å². The number of esters is 1. The first-order valence-corrected chi connectivity index (χ1v) is 7.82. The summed E-state index contributed by atoms with van der Waals surface area (Å²) in [5.41, 5.74) is 0.492. The molecule has 0 saturated heterocycles. The molecule has 2 atom stereocenters. The molecule has 0 aliphatic carbocycles. The molecule has 7 nitrogen and oxygen atoms in total. The molecule has 1 amide bonds. The number of hydrogen-bond donors (Lipinski definition) is 1. The third kappa shape index (κ3) is 4.65. The predicted molar refractivity (Wildman–Crippen MR) is 86.0 cm³/mol. The number of ether oxygens (including phenoxy) is 1. The molecular weight excluding hydrogens is 310 g/mol. The summed E-state index contributed by atoms with van der Waals surface area (Å²) in [6.45, 7) is 5.36. The quantitative estimate of drug-likeness (QED) is 0.782. The molecule has 0 bridgehead atoms. The number of benzene rings is 1. The molecule has 128 valence electrons. The van der Waals surface area contributed by atoms with Gasteiger partial charge in [0.1, 0.15) is 6.04 Å². The summed E-state index contributed by atoms with van der Waals surface area (Å²) in [6.07, 6.45) is 0.717. The highest BCUT2D eigenvalue weighted by atomic mass is 16.5. The summed E-state index contributed by atoms with van der Waals surface area (Å²) in [6, 6.07) is 7.99. The Morgan fingerprint density at radius 3 is 2.54 bits per heavy atom. The standard InChI is InChI=1S/C17H21N3O4/c1-4-11(2)15(18-16(21)13-8-6-5-7-9-13)17(22)23-10-14-20-19-12(3)24-14/h5-9,11,15H,4,10H2,1-3H3,(H,18,21)/t11-,15-/m0/s1. The summed E-state index contributed by atoms with van der Waals surface area (Å²) < 4.78 is 10.4. The number of aryl methyl sites for hydroxylation is 1.